The topological polar surface area (TPSA) is 70.6 Å². The Bertz CT molecular complexity index is 524. The molecule has 0 spiro atoms. The van der Waals surface area contributed by atoms with Gasteiger partial charge in [-0.25, -0.2) is 4.79 Å². The summed E-state index contributed by atoms with van der Waals surface area (Å²) < 4.78 is 5.66. The third-order valence-corrected chi connectivity index (χ3v) is 4.42. The third kappa shape index (κ3) is 4.45. The summed E-state index contributed by atoms with van der Waals surface area (Å²) in [5.41, 5.74) is 1.75. The van der Waals surface area contributed by atoms with Crippen LogP contribution in [0, 0.1) is 11.3 Å². The van der Waals surface area contributed by atoms with E-state index in [1.807, 2.05) is 24.3 Å². The van der Waals surface area contributed by atoms with E-state index in [1.54, 1.807) is 0 Å². The van der Waals surface area contributed by atoms with Crippen molar-refractivity contribution in [1.82, 2.24) is 5.32 Å². The number of aliphatic hydroxyl groups excluding tert-OH is 1. The van der Waals surface area contributed by atoms with Crippen LogP contribution in [0.3, 0.4) is 0 Å². The predicted octanol–water partition coefficient (Wildman–Crippen LogP) is 2.51. The molecule has 0 saturated heterocycles. The molecule has 1 aromatic carbocycles. The van der Waals surface area contributed by atoms with Gasteiger partial charge in [0.25, 0.3) is 0 Å². The Hall–Kier alpha value is -1.59. The molecule has 0 atom stereocenters. The average molecular weight is 304 g/mol. The molecular formula is C17H24N2O3. The van der Waals surface area contributed by atoms with Gasteiger partial charge in [0.1, 0.15) is 0 Å². The summed E-state index contributed by atoms with van der Waals surface area (Å²) in [6, 6.07) is 7.49. The molecule has 0 heterocycles. The molecule has 5 nitrogen and oxygen atoms in total. The van der Waals surface area contributed by atoms with Gasteiger partial charge in [-0.05, 0) is 49.3 Å². The molecule has 2 amide bonds. The molecule has 0 aromatic heterocycles. The first-order valence-electron chi connectivity index (χ1n) is 8.02. The van der Waals surface area contributed by atoms with Crippen molar-refractivity contribution >= 4 is 11.7 Å². The fourth-order valence-electron chi connectivity index (χ4n) is 2.38. The summed E-state index contributed by atoms with van der Waals surface area (Å²) in [5, 5.41) is 14.9. The fourth-order valence-corrected chi connectivity index (χ4v) is 2.38. The normalized spacial score (nSPS) is 18.8. The third-order valence-electron chi connectivity index (χ3n) is 4.42. The zero-order valence-electron chi connectivity index (χ0n) is 12.8. The molecule has 2 fully saturated rings. The summed E-state index contributed by atoms with van der Waals surface area (Å²) in [7, 11) is 0. The Morgan fingerprint density at radius 3 is 2.86 bits per heavy atom. The van der Waals surface area contributed by atoms with Gasteiger partial charge in [0, 0.05) is 24.3 Å². The monoisotopic (exact) mass is 304 g/mol. The molecule has 120 valence electrons. The number of carbonyl (C=O) groups is 1. The van der Waals surface area contributed by atoms with Gasteiger partial charge in [0.05, 0.1) is 13.2 Å². The van der Waals surface area contributed by atoms with Gasteiger partial charge >= 0.3 is 6.03 Å². The number of amides is 2. The molecule has 22 heavy (non-hydrogen) atoms. The molecule has 3 N–H and O–H groups in total. The van der Waals surface area contributed by atoms with Crippen molar-refractivity contribution in [3.05, 3.63) is 29.8 Å². The van der Waals surface area contributed by atoms with Gasteiger partial charge in [-0.15, -0.1) is 0 Å². The molecule has 2 aliphatic rings. The van der Waals surface area contributed by atoms with Gasteiger partial charge in [-0.2, -0.15) is 0 Å². The van der Waals surface area contributed by atoms with E-state index in [4.69, 9.17) is 4.74 Å². The number of hydrogen-bond donors (Lipinski definition) is 3. The Morgan fingerprint density at radius 2 is 2.18 bits per heavy atom. The summed E-state index contributed by atoms with van der Waals surface area (Å²) in [6.45, 7) is 2.09. The molecule has 0 aliphatic heterocycles. The zero-order valence-corrected chi connectivity index (χ0v) is 12.8. The molecule has 3 rings (SSSR count). The highest BCUT2D eigenvalue weighted by atomic mass is 16.5. The number of anilines is 1. The number of nitrogens with one attached hydrogen (secondary N) is 2. The highest BCUT2D eigenvalue weighted by Gasteiger charge is 2.42. The van der Waals surface area contributed by atoms with Gasteiger partial charge in [0.2, 0.25) is 0 Å². The smallest absolute Gasteiger partial charge is 0.319 e. The summed E-state index contributed by atoms with van der Waals surface area (Å²) in [4.78, 5) is 11.9. The second kappa shape index (κ2) is 6.67. The van der Waals surface area contributed by atoms with Crippen LogP contribution in [0.1, 0.15) is 31.2 Å². The molecule has 0 unspecified atom stereocenters. The Balaban J connectivity index is 1.43. The largest absolute Gasteiger partial charge is 0.396 e. The molecular weight excluding hydrogens is 280 g/mol. The van der Waals surface area contributed by atoms with Crippen molar-refractivity contribution in [3.63, 3.8) is 0 Å². The maximum Gasteiger partial charge on any atom is 0.319 e. The van der Waals surface area contributed by atoms with E-state index in [0.717, 1.165) is 36.6 Å². The van der Waals surface area contributed by atoms with E-state index >= 15 is 0 Å². The number of benzene rings is 1. The van der Waals surface area contributed by atoms with Crippen LogP contribution in [0.25, 0.3) is 0 Å². The van der Waals surface area contributed by atoms with Crippen molar-refractivity contribution in [2.45, 2.75) is 32.3 Å². The second-order valence-electron chi connectivity index (χ2n) is 6.62. The first kappa shape index (κ1) is 15.3. The Morgan fingerprint density at radius 1 is 1.36 bits per heavy atom. The first-order valence-corrected chi connectivity index (χ1v) is 8.02. The van der Waals surface area contributed by atoms with E-state index in [9.17, 15) is 9.90 Å². The van der Waals surface area contributed by atoms with Crippen molar-refractivity contribution in [2.24, 2.45) is 11.3 Å². The summed E-state index contributed by atoms with van der Waals surface area (Å²) in [5.74, 6) is 0.758. The summed E-state index contributed by atoms with van der Waals surface area (Å²) >= 11 is 0. The highest BCUT2D eigenvalue weighted by molar-refractivity contribution is 5.89. The van der Waals surface area contributed by atoms with Crippen molar-refractivity contribution in [3.8, 4) is 0 Å². The number of aliphatic hydroxyl groups is 1. The average Bonchev–Trinajstić information content (AvgIpc) is 3.42. The van der Waals surface area contributed by atoms with Gasteiger partial charge in [0.15, 0.2) is 0 Å². The van der Waals surface area contributed by atoms with E-state index in [-0.39, 0.29) is 18.1 Å². The van der Waals surface area contributed by atoms with Gasteiger partial charge < -0.3 is 20.5 Å². The molecule has 0 radical (unpaired) electrons. The van der Waals surface area contributed by atoms with Crippen LogP contribution in [-0.2, 0) is 11.3 Å². The minimum absolute atomic E-state index is 0.0736. The van der Waals surface area contributed by atoms with Crippen LogP contribution < -0.4 is 10.6 Å². The zero-order chi connectivity index (χ0) is 15.4. The molecule has 0 bridgehead atoms. The van der Waals surface area contributed by atoms with Crippen molar-refractivity contribution in [1.29, 1.82) is 0 Å². The number of carbonyl (C=O) groups excluding carboxylic acids is 1. The number of hydrogen-bond acceptors (Lipinski definition) is 3. The lowest BCUT2D eigenvalue weighted by Crippen LogP contribution is -2.35. The van der Waals surface area contributed by atoms with Gasteiger partial charge in [-0.1, -0.05) is 12.1 Å². The number of ether oxygens (including phenoxy) is 1. The highest BCUT2D eigenvalue weighted by Crippen LogP contribution is 2.44. The SMILES string of the molecule is O=C(NCC1(CO)CC1)Nc1cccc(COCC2CC2)c1. The van der Waals surface area contributed by atoms with Crippen LogP contribution in [0.2, 0.25) is 0 Å². The first-order chi connectivity index (χ1) is 10.7. The number of urea groups is 1. The minimum Gasteiger partial charge on any atom is -0.396 e. The number of rotatable bonds is 8. The molecule has 2 aliphatic carbocycles. The van der Waals surface area contributed by atoms with E-state index < -0.39 is 0 Å². The fraction of sp³-hybridized carbons (Fsp3) is 0.588. The summed E-state index contributed by atoms with van der Waals surface area (Å²) in [6.07, 6.45) is 4.55. The second-order valence-corrected chi connectivity index (χ2v) is 6.62. The van der Waals surface area contributed by atoms with Crippen LogP contribution >= 0.6 is 0 Å². The maximum atomic E-state index is 11.9. The minimum atomic E-state index is -0.226. The van der Waals surface area contributed by atoms with Gasteiger partial charge in [-0.3, -0.25) is 0 Å². The van der Waals surface area contributed by atoms with Crippen LogP contribution in [0.15, 0.2) is 24.3 Å². The predicted molar refractivity (Wildman–Crippen MR) is 84.6 cm³/mol. The molecule has 5 heteroatoms. The Kier molecular flexibility index (Phi) is 4.64. The van der Waals surface area contributed by atoms with Crippen LogP contribution in [0.4, 0.5) is 10.5 Å². The lowest BCUT2D eigenvalue weighted by Gasteiger charge is -2.14. The molecule has 1 aromatic rings. The van der Waals surface area contributed by atoms with Crippen LogP contribution in [0.5, 0.6) is 0 Å². The van der Waals surface area contributed by atoms with E-state index in [0.29, 0.717) is 13.2 Å². The van der Waals surface area contributed by atoms with Crippen LogP contribution in [-0.4, -0.2) is 30.9 Å². The van der Waals surface area contributed by atoms with Crippen molar-refractivity contribution < 1.29 is 14.6 Å². The molecule has 2 saturated carbocycles. The maximum absolute atomic E-state index is 11.9. The lowest BCUT2D eigenvalue weighted by atomic mass is 10.1. The van der Waals surface area contributed by atoms with Crippen molar-refractivity contribution in [2.75, 3.05) is 25.1 Å². The standard InChI is InChI=1S/C17H24N2O3/c20-12-17(6-7-17)11-18-16(21)19-15-3-1-2-14(8-15)10-22-9-13-4-5-13/h1-3,8,13,20H,4-7,9-12H2,(H2,18,19,21). The lowest BCUT2D eigenvalue weighted by molar-refractivity contribution is 0.111. The quantitative estimate of drug-likeness (QED) is 0.691. The van der Waals surface area contributed by atoms with E-state index in [2.05, 4.69) is 10.6 Å². The Labute approximate surface area is 131 Å². The van der Waals surface area contributed by atoms with E-state index in [1.165, 1.54) is 12.8 Å².